The zero-order valence-corrected chi connectivity index (χ0v) is 17.3. The number of nitrogens with one attached hydrogen (secondary N) is 1. The van der Waals surface area contributed by atoms with Crippen molar-refractivity contribution < 1.29 is 13.2 Å². The van der Waals surface area contributed by atoms with Gasteiger partial charge in [0.2, 0.25) is 15.9 Å². The van der Waals surface area contributed by atoms with Crippen LogP contribution in [0.25, 0.3) is 0 Å². The smallest absolute Gasteiger partial charge is 0.245 e. The lowest BCUT2D eigenvalue weighted by molar-refractivity contribution is -0.136. The van der Waals surface area contributed by atoms with Crippen LogP contribution >= 0.6 is 0 Å². The van der Waals surface area contributed by atoms with E-state index in [-0.39, 0.29) is 17.9 Å². The minimum absolute atomic E-state index is 0.0610. The summed E-state index contributed by atoms with van der Waals surface area (Å²) in [5, 5.41) is 6.16. The van der Waals surface area contributed by atoms with Crippen LogP contribution in [0.1, 0.15) is 43.0 Å². The zero-order chi connectivity index (χ0) is 20.5. The van der Waals surface area contributed by atoms with E-state index in [1.54, 1.807) is 17.1 Å². The Labute approximate surface area is 166 Å². The van der Waals surface area contributed by atoms with Gasteiger partial charge in [-0.1, -0.05) is 61.9 Å². The van der Waals surface area contributed by atoms with Crippen molar-refractivity contribution in [1.29, 1.82) is 0 Å². The molecule has 2 aromatic carbocycles. The molecule has 0 saturated carbocycles. The first-order valence-corrected chi connectivity index (χ1v) is 11.1. The van der Waals surface area contributed by atoms with E-state index in [9.17, 15) is 13.2 Å². The maximum Gasteiger partial charge on any atom is 0.245 e. The minimum atomic E-state index is -3.43. The molecule has 148 valence electrons. The third kappa shape index (κ3) is 4.42. The van der Waals surface area contributed by atoms with Crippen molar-refractivity contribution in [3.05, 3.63) is 65.2 Å². The number of hydrogen-bond donors (Lipinski definition) is 1. The van der Waals surface area contributed by atoms with Crippen LogP contribution in [0.5, 0.6) is 0 Å². The van der Waals surface area contributed by atoms with Gasteiger partial charge < -0.3 is 0 Å². The Morgan fingerprint density at radius 2 is 1.79 bits per heavy atom. The van der Waals surface area contributed by atoms with Gasteiger partial charge in [-0.15, -0.1) is 0 Å². The molecule has 2 aromatic rings. The number of sulfonamides is 1. The first-order chi connectivity index (χ1) is 13.2. The monoisotopic (exact) mass is 399 g/mol. The molecule has 7 heteroatoms. The highest BCUT2D eigenvalue weighted by Crippen LogP contribution is 2.35. The zero-order valence-electron chi connectivity index (χ0n) is 16.5. The van der Waals surface area contributed by atoms with Gasteiger partial charge in [0, 0.05) is 17.9 Å². The molecule has 1 heterocycles. The van der Waals surface area contributed by atoms with E-state index in [2.05, 4.69) is 9.82 Å². The number of anilines is 1. The second kappa shape index (κ2) is 7.75. The Morgan fingerprint density at radius 1 is 1.14 bits per heavy atom. The molecular formula is C21H25N3O3S. The summed E-state index contributed by atoms with van der Waals surface area (Å²) in [7, 11) is -3.43. The van der Waals surface area contributed by atoms with E-state index in [1.807, 2.05) is 57.2 Å². The fourth-order valence-electron chi connectivity index (χ4n) is 3.21. The van der Waals surface area contributed by atoms with Crippen molar-refractivity contribution in [3.8, 4) is 0 Å². The average Bonchev–Trinajstić information content (AvgIpc) is 3.05. The van der Waals surface area contributed by atoms with Crippen molar-refractivity contribution >= 4 is 27.3 Å². The average molecular weight is 400 g/mol. The number of para-hydroxylation sites is 1. The van der Waals surface area contributed by atoms with Crippen molar-refractivity contribution in [2.24, 2.45) is 11.0 Å². The van der Waals surface area contributed by atoms with E-state index in [0.717, 1.165) is 17.4 Å². The Hall–Kier alpha value is -2.67. The van der Waals surface area contributed by atoms with Gasteiger partial charge in [0.15, 0.2) is 0 Å². The summed E-state index contributed by atoms with van der Waals surface area (Å²) in [6.45, 7) is 5.72. The maximum absolute atomic E-state index is 12.8. The molecule has 1 amide bonds. The molecule has 28 heavy (non-hydrogen) atoms. The highest BCUT2D eigenvalue weighted by atomic mass is 32.2. The van der Waals surface area contributed by atoms with Crippen LogP contribution in [-0.4, -0.2) is 31.3 Å². The van der Waals surface area contributed by atoms with E-state index in [1.165, 1.54) is 0 Å². The standard InChI is InChI=1S/C21H25N3O3S/c1-14(2)21(25)24-20(16-11-9-15(3)10-12-16)13-19(22-24)17-7-5-6-8-18(17)23-28(4,26)27/h5-12,14,20,23H,13H2,1-4H3/t20-/m1/s1. The summed E-state index contributed by atoms with van der Waals surface area (Å²) < 4.78 is 26.0. The summed E-state index contributed by atoms with van der Waals surface area (Å²) in [4.78, 5) is 12.8. The molecule has 0 radical (unpaired) electrons. The predicted octanol–water partition coefficient (Wildman–Crippen LogP) is 3.70. The fraction of sp³-hybridized carbons (Fsp3) is 0.333. The lowest BCUT2D eigenvalue weighted by Crippen LogP contribution is -2.30. The Balaban J connectivity index is 2.02. The predicted molar refractivity (Wildman–Crippen MR) is 112 cm³/mol. The molecule has 1 atom stereocenters. The fourth-order valence-corrected chi connectivity index (χ4v) is 3.79. The van der Waals surface area contributed by atoms with Crippen molar-refractivity contribution in [3.63, 3.8) is 0 Å². The molecule has 0 unspecified atom stereocenters. The number of nitrogens with zero attached hydrogens (tertiary/aromatic N) is 2. The van der Waals surface area contributed by atoms with Crippen LogP contribution in [0.2, 0.25) is 0 Å². The van der Waals surface area contributed by atoms with Crippen molar-refractivity contribution in [2.45, 2.75) is 33.2 Å². The van der Waals surface area contributed by atoms with Gasteiger partial charge in [-0.2, -0.15) is 5.10 Å². The number of carbonyl (C=O) groups is 1. The largest absolute Gasteiger partial charge is 0.283 e. The van der Waals surface area contributed by atoms with Crippen LogP contribution < -0.4 is 4.72 Å². The van der Waals surface area contributed by atoms with Gasteiger partial charge in [0.25, 0.3) is 0 Å². The normalized spacial score (nSPS) is 17.0. The quantitative estimate of drug-likeness (QED) is 0.833. The van der Waals surface area contributed by atoms with E-state index < -0.39 is 10.0 Å². The molecule has 3 rings (SSSR count). The van der Waals surface area contributed by atoms with E-state index in [0.29, 0.717) is 23.4 Å². The molecule has 0 aliphatic carbocycles. The van der Waals surface area contributed by atoms with Crippen LogP contribution in [0.15, 0.2) is 53.6 Å². The molecule has 1 N–H and O–H groups in total. The lowest BCUT2D eigenvalue weighted by atomic mass is 9.96. The topological polar surface area (TPSA) is 78.8 Å². The van der Waals surface area contributed by atoms with Crippen LogP contribution in [0.4, 0.5) is 5.69 Å². The Kier molecular flexibility index (Phi) is 5.56. The third-order valence-corrected chi connectivity index (χ3v) is 5.22. The second-order valence-electron chi connectivity index (χ2n) is 7.43. The van der Waals surface area contributed by atoms with E-state index >= 15 is 0 Å². The summed E-state index contributed by atoms with van der Waals surface area (Å²) in [6, 6.07) is 15.0. The Morgan fingerprint density at radius 3 is 2.39 bits per heavy atom. The third-order valence-electron chi connectivity index (χ3n) is 4.63. The first-order valence-electron chi connectivity index (χ1n) is 9.20. The molecule has 6 nitrogen and oxygen atoms in total. The Bertz CT molecular complexity index is 1010. The van der Waals surface area contributed by atoms with E-state index in [4.69, 9.17) is 0 Å². The van der Waals surface area contributed by atoms with Gasteiger partial charge in [-0.25, -0.2) is 13.4 Å². The molecule has 0 fully saturated rings. The SMILES string of the molecule is Cc1ccc([C@H]2CC(c3ccccc3NS(C)(=O)=O)=NN2C(=O)C(C)C)cc1. The highest BCUT2D eigenvalue weighted by molar-refractivity contribution is 7.92. The molecule has 0 aromatic heterocycles. The number of carbonyl (C=O) groups excluding carboxylic acids is 1. The van der Waals surface area contributed by atoms with Crippen LogP contribution in [-0.2, 0) is 14.8 Å². The number of benzene rings is 2. The molecule has 0 bridgehead atoms. The lowest BCUT2D eigenvalue weighted by Gasteiger charge is -2.23. The first kappa shape index (κ1) is 20.1. The van der Waals surface area contributed by atoms with Crippen LogP contribution in [0, 0.1) is 12.8 Å². The minimum Gasteiger partial charge on any atom is -0.283 e. The number of aryl methyl sites for hydroxylation is 1. The number of hydrogen-bond acceptors (Lipinski definition) is 4. The van der Waals surface area contributed by atoms with Crippen molar-refractivity contribution in [1.82, 2.24) is 5.01 Å². The van der Waals surface area contributed by atoms with Crippen LogP contribution in [0.3, 0.4) is 0 Å². The van der Waals surface area contributed by atoms with Gasteiger partial charge in [-0.3, -0.25) is 9.52 Å². The summed E-state index contributed by atoms with van der Waals surface area (Å²) in [5.74, 6) is -0.255. The maximum atomic E-state index is 12.8. The molecule has 0 spiro atoms. The molecule has 0 saturated heterocycles. The summed E-state index contributed by atoms with van der Waals surface area (Å²) >= 11 is 0. The van der Waals surface area contributed by atoms with Gasteiger partial charge >= 0.3 is 0 Å². The number of rotatable bonds is 5. The molecule has 1 aliphatic rings. The molecule has 1 aliphatic heterocycles. The number of hydrazone groups is 1. The van der Waals surface area contributed by atoms with Crippen molar-refractivity contribution in [2.75, 3.05) is 11.0 Å². The number of amides is 1. The van der Waals surface area contributed by atoms with Gasteiger partial charge in [0.1, 0.15) is 0 Å². The highest BCUT2D eigenvalue weighted by Gasteiger charge is 2.34. The molecular weight excluding hydrogens is 374 g/mol. The van der Waals surface area contributed by atoms with Gasteiger partial charge in [-0.05, 0) is 18.6 Å². The van der Waals surface area contributed by atoms with Gasteiger partial charge in [0.05, 0.1) is 23.7 Å². The second-order valence-corrected chi connectivity index (χ2v) is 9.18. The summed E-state index contributed by atoms with van der Waals surface area (Å²) in [5.41, 5.74) is 3.99. The summed E-state index contributed by atoms with van der Waals surface area (Å²) in [6.07, 6.45) is 1.63.